The zero-order valence-electron chi connectivity index (χ0n) is 13.4. The number of ether oxygens (including phenoxy) is 1. The van der Waals surface area contributed by atoms with Gasteiger partial charge in [0.2, 0.25) is 6.41 Å². The van der Waals surface area contributed by atoms with Crippen molar-refractivity contribution in [2.75, 3.05) is 0 Å². The second-order valence-electron chi connectivity index (χ2n) is 5.35. The molecule has 2 rings (SSSR count). The van der Waals surface area contributed by atoms with Crippen LogP contribution in [-0.2, 0) is 9.59 Å². The SMILES string of the molecule is Cc1ccc(O/C=C(\C(=O)NC=O)c2ccc(C)c(C)c2)cc1. The summed E-state index contributed by atoms with van der Waals surface area (Å²) >= 11 is 0. The minimum atomic E-state index is -0.504. The predicted octanol–water partition coefficient (Wildman–Crippen LogP) is 3.30. The van der Waals surface area contributed by atoms with E-state index in [4.69, 9.17) is 4.74 Å². The second-order valence-corrected chi connectivity index (χ2v) is 5.35. The molecule has 4 heteroatoms. The molecule has 0 radical (unpaired) electrons. The molecular formula is C19H19NO3. The summed E-state index contributed by atoms with van der Waals surface area (Å²) in [7, 11) is 0. The number of carbonyl (C=O) groups excluding carboxylic acids is 2. The fourth-order valence-electron chi connectivity index (χ4n) is 2.04. The van der Waals surface area contributed by atoms with E-state index in [1.54, 1.807) is 0 Å². The summed E-state index contributed by atoms with van der Waals surface area (Å²) in [5.41, 5.74) is 4.29. The highest BCUT2D eigenvalue weighted by atomic mass is 16.5. The van der Waals surface area contributed by atoms with Crippen molar-refractivity contribution in [1.29, 1.82) is 0 Å². The molecule has 0 spiro atoms. The largest absolute Gasteiger partial charge is 0.464 e. The van der Waals surface area contributed by atoms with Gasteiger partial charge in [-0.3, -0.25) is 14.9 Å². The summed E-state index contributed by atoms with van der Waals surface area (Å²) < 4.78 is 5.58. The molecule has 118 valence electrons. The first-order valence-corrected chi connectivity index (χ1v) is 7.27. The van der Waals surface area contributed by atoms with Gasteiger partial charge in [0, 0.05) is 0 Å². The number of amides is 2. The third-order valence-corrected chi connectivity index (χ3v) is 3.59. The van der Waals surface area contributed by atoms with Gasteiger partial charge in [-0.25, -0.2) is 0 Å². The van der Waals surface area contributed by atoms with Gasteiger partial charge in [0.1, 0.15) is 12.0 Å². The number of carbonyl (C=O) groups is 2. The molecule has 0 bridgehead atoms. The molecule has 0 fully saturated rings. The number of benzene rings is 2. The van der Waals surface area contributed by atoms with E-state index in [1.807, 2.05) is 63.2 Å². The van der Waals surface area contributed by atoms with Gasteiger partial charge in [-0.15, -0.1) is 0 Å². The van der Waals surface area contributed by atoms with Crippen LogP contribution in [0.15, 0.2) is 48.7 Å². The van der Waals surface area contributed by atoms with Gasteiger partial charge in [-0.05, 0) is 49.6 Å². The predicted molar refractivity (Wildman–Crippen MR) is 89.9 cm³/mol. The van der Waals surface area contributed by atoms with Crippen LogP contribution in [0.3, 0.4) is 0 Å². The van der Waals surface area contributed by atoms with E-state index in [-0.39, 0.29) is 0 Å². The molecule has 0 saturated heterocycles. The van der Waals surface area contributed by atoms with Crippen molar-refractivity contribution in [3.05, 3.63) is 71.0 Å². The fourth-order valence-corrected chi connectivity index (χ4v) is 2.04. The van der Waals surface area contributed by atoms with Crippen LogP contribution in [0.2, 0.25) is 0 Å². The quantitative estimate of drug-likeness (QED) is 0.524. The highest BCUT2D eigenvalue weighted by molar-refractivity contribution is 6.21. The van der Waals surface area contributed by atoms with E-state index in [1.165, 1.54) is 6.26 Å². The molecule has 0 unspecified atom stereocenters. The highest BCUT2D eigenvalue weighted by Gasteiger charge is 2.13. The topological polar surface area (TPSA) is 55.4 Å². The maximum absolute atomic E-state index is 12.1. The van der Waals surface area contributed by atoms with E-state index in [0.717, 1.165) is 16.7 Å². The van der Waals surface area contributed by atoms with Crippen molar-refractivity contribution in [2.45, 2.75) is 20.8 Å². The number of imide groups is 1. The second kappa shape index (κ2) is 7.40. The van der Waals surface area contributed by atoms with E-state index in [2.05, 4.69) is 5.32 Å². The van der Waals surface area contributed by atoms with Crippen LogP contribution in [-0.4, -0.2) is 12.3 Å². The van der Waals surface area contributed by atoms with Gasteiger partial charge < -0.3 is 4.74 Å². The smallest absolute Gasteiger partial charge is 0.261 e. The Balaban J connectivity index is 2.34. The van der Waals surface area contributed by atoms with Crippen LogP contribution >= 0.6 is 0 Å². The van der Waals surface area contributed by atoms with Crippen molar-refractivity contribution in [2.24, 2.45) is 0 Å². The van der Waals surface area contributed by atoms with E-state index in [9.17, 15) is 9.59 Å². The normalized spacial score (nSPS) is 11.0. The Labute approximate surface area is 135 Å². The van der Waals surface area contributed by atoms with Gasteiger partial charge in [-0.2, -0.15) is 0 Å². The molecule has 1 N–H and O–H groups in total. The summed E-state index contributed by atoms with van der Waals surface area (Å²) in [4.78, 5) is 22.7. The summed E-state index contributed by atoms with van der Waals surface area (Å²) in [5, 5.41) is 2.16. The lowest BCUT2D eigenvalue weighted by Crippen LogP contribution is -2.22. The molecule has 0 aromatic heterocycles. The van der Waals surface area contributed by atoms with Crippen LogP contribution in [0.1, 0.15) is 22.3 Å². The molecule has 2 amide bonds. The first-order chi connectivity index (χ1) is 11.0. The van der Waals surface area contributed by atoms with Crippen molar-refractivity contribution in [1.82, 2.24) is 5.32 Å². The van der Waals surface area contributed by atoms with Crippen LogP contribution in [0.4, 0.5) is 0 Å². The Bertz CT molecular complexity index is 746. The molecule has 0 atom stereocenters. The number of hydrogen-bond donors (Lipinski definition) is 1. The maximum atomic E-state index is 12.1. The first-order valence-electron chi connectivity index (χ1n) is 7.27. The standard InChI is InChI=1S/C19H19NO3/c1-13-4-8-17(9-5-13)23-11-18(19(22)20-12-21)16-7-6-14(2)15(3)10-16/h4-12H,1-3H3,(H,20,21,22)/b18-11-. The number of aryl methyl sites for hydroxylation is 3. The first kappa shape index (κ1) is 16.5. The van der Waals surface area contributed by atoms with Crippen molar-refractivity contribution >= 4 is 17.9 Å². The summed E-state index contributed by atoms with van der Waals surface area (Å²) in [6, 6.07) is 13.1. The minimum absolute atomic E-state index is 0.292. The third kappa shape index (κ3) is 4.30. The molecule has 0 aliphatic heterocycles. The molecule has 4 nitrogen and oxygen atoms in total. The van der Waals surface area contributed by atoms with Crippen LogP contribution in [0, 0.1) is 20.8 Å². The van der Waals surface area contributed by atoms with Gasteiger partial charge in [0.15, 0.2) is 0 Å². The summed E-state index contributed by atoms with van der Waals surface area (Å²) in [6.45, 7) is 5.95. The average Bonchev–Trinajstić information content (AvgIpc) is 2.53. The molecule has 2 aromatic rings. The number of rotatable bonds is 5. The zero-order valence-corrected chi connectivity index (χ0v) is 13.4. The van der Waals surface area contributed by atoms with E-state index in [0.29, 0.717) is 23.3 Å². The van der Waals surface area contributed by atoms with Crippen molar-refractivity contribution in [3.8, 4) is 5.75 Å². The zero-order chi connectivity index (χ0) is 16.8. The Morgan fingerprint density at radius 1 is 1.00 bits per heavy atom. The third-order valence-electron chi connectivity index (χ3n) is 3.59. The molecule has 0 aliphatic rings. The van der Waals surface area contributed by atoms with Crippen molar-refractivity contribution in [3.63, 3.8) is 0 Å². The van der Waals surface area contributed by atoms with Crippen LogP contribution in [0.5, 0.6) is 5.75 Å². The van der Waals surface area contributed by atoms with Crippen LogP contribution in [0.25, 0.3) is 5.57 Å². The average molecular weight is 309 g/mol. The molecule has 2 aromatic carbocycles. The van der Waals surface area contributed by atoms with Crippen LogP contribution < -0.4 is 10.1 Å². The molecule has 0 heterocycles. The Morgan fingerprint density at radius 2 is 1.70 bits per heavy atom. The Morgan fingerprint density at radius 3 is 2.30 bits per heavy atom. The van der Waals surface area contributed by atoms with Gasteiger partial charge >= 0.3 is 0 Å². The number of nitrogens with one attached hydrogen (secondary N) is 1. The Hall–Kier alpha value is -2.88. The lowest BCUT2D eigenvalue weighted by Gasteiger charge is -2.09. The molecule has 0 aliphatic carbocycles. The molecular weight excluding hydrogens is 290 g/mol. The lowest BCUT2D eigenvalue weighted by atomic mass is 10.0. The molecule has 0 saturated carbocycles. The van der Waals surface area contributed by atoms with E-state index < -0.39 is 5.91 Å². The molecule has 23 heavy (non-hydrogen) atoms. The van der Waals surface area contributed by atoms with Gasteiger partial charge in [-0.1, -0.05) is 35.9 Å². The summed E-state index contributed by atoms with van der Waals surface area (Å²) in [6.07, 6.45) is 1.73. The lowest BCUT2D eigenvalue weighted by molar-refractivity contribution is -0.121. The minimum Gasteiger partial charge on any atom is -0.464 e. The Kier molecular flexibility index (Phi) is 5.31. The monoisotopic (exact) mass is 309 g/mol. The van der Waals surface area contributed by atoms with Crippen molar-refractivity contribution < 1.29 is 14.3 Å². The van der Waals surface area contributed by atoms with E-state index >= 15 is 0 Å². The fraction of sp³-hybridized carbons (Fsp3) is 0.158. The number of hydrogen-bond acceptors (Lipinski definition) is 3. The van der Waals surface area contributed by atoms with Gasteiger partial charge in [0.05, 0.1) is 5.57 Å². The highest BCUT2D eigenvalue weighted by Crippen LogP contribution is 2.20. The van der Waals surface area contributed by atoms with Gasteiger partial charge in [0.25, 0.3) is 5.91 Å². The maximum Gasteiger partial charge on any atom is 0.261 e. The summed E-state index contributed by atoms with van der Waals surface area (Å²) in [5.74, 6) is 0.117.